The van der Waals surface area contributed by atoms with Crippen molar-refractivity contribution in [3.8, 4) is 11.5 Å². The van der Waals surface area contributed by atoms with Gasteiger partial charge in [0.1, 0.15) is 0 Å². The highest BCUT2D eigenvalue weighted by Crippen LogP contribution is 2.26. The molecule has 5 heteroatoms. The summed E-state index contributed by atoms with van der Waals surface area (Å²) in [5.74, 6) is 0.853. The lowest BCUT2D eigenvalue weighted by atomic mass is 10.1. The molecule has 106 valence electrons. The molecular weight excluding hydrogens is 246 g/mol. The zero-order valence-corrected chi connectivity index (χ0v) is 11.6. The van der Waals surface area contributed by atoms with Crippen molar-refractivity contribution in [1.29, 1.82) is 0 Å². The first-order valence-electron chi connectivity index (χ1n) is 6.25. The van der Waals surface area contributed by atoms with E-state index < -0.39 is 5.54 Å². The largest absolute Gasteiger partial charge is 0.490 e. The summed E-state index contributed by atoms with van der Waals surface area (Å²) in [6.45, 7) is 5.64. The Bertz CT molecular complexity index is 418. The van der Waals surface area contributed by atoms with Crippen molar-refractivity contribution in [1.82, 2.24) is 5.32 Å². The Morgan fingerprint density at radius 2 is 1.84 bits per heavy atom. The van der Waals surface area contributed by atoms with Gasteiger partial charge in [0.15, 0.2) is 18.1 Å². The second-order valence-corrected chi connectivity index (χ2v) is 4.76. The fourth-order valence-corrected chi connectivity index (χ4v) is 1.44. The summed E-state index contributed by atoms with van der Waals surface area (Å²) in [6, 6.07) is 7.18. The molecule has 2 N–H and O–H groups in total. The first kappa shape index (κ1) is 15.3. The van der Waals surface area contributed by atoms with Crippen LogP contribution in [-0.2, 0) is 4.79 Å². The minimum absolute atomic E-state index is 0.118. The van der Waals surface area contributed by atoms with Crippen LogP contribution in [0.15, 0.2) is 24.3 Å². The van der Waals surface area contributed by atoms with E-state index >= 15 is 0 Å². The zero-order valence-electron chi connectivity index (χ0n) is 11.6. The van der Waals surface area contributed by atoms with Crippen LogP contribution in [-0.4, -0.2) is 36.4 Å². The van der Waals surface area contributed by atoms with Crippen molar-refractivity contribution < 1.29 is 19.4 Å². The number of ether oxygens (including phenoxy) is 2. The average Bonchev–Trinajstić information content (AvgIpc) is 2.38. The number of benzene rings is 1. The molecule has 0 bridgehead atoms. The van der Waals surface area contributed by atoms with E-state index in [1.54, 1.807) is 26.0 Å². The van der Waals surface area contributed by atoms with Crippen LogP contribution in [0.5, 0.6) is 11.5 Å². The van der Waals surface area contributed by atoms with Gasteiger partial charge in [-0.25, -0.2) is 0 Å². The van der Waals surface area contributed by atoms with Crippen molar-refractivity contribution in [2.45, 2.75) is 26.3 Å². The van der Waals surface area contributed by atoms with Gasteiger partial charge in [-0.3, -0.25) is 4.79 Å². The number of aliphatic hydroxyl groups excluding tert-OH is 1. The maximum atomic E-state index is 11.7. The van der Waals surface area contributed by atoms with Crippen molar-refractivity contribution in [2.75, 3.05) is 19.8 Å². The second-order valence-electron chi connectivity index (χ2n) is 4.76. The Morgan fingerprint density at radius 3 is 2.37 bits per heavy atom. The molecule has 0 heterocycles. The maximum Gasteiger partial charge on any atom is 0.258 e. The third kappa shape index (κ3) is 5.18. The van der Waals surface area contributed by atoms with Gasteiger partial charge in [-0.2, -0.15) is 0 Å². The SMILES string of the molecule is CCOc1ccccc1OCC(=O)NC(C)(C)CO. The molecule has 0 atom stereocenters. The number of rotatable bonds is 7. The van der Waals surface area contributed by atoms with Crippen LogP contribution in [0.1, 0.15) is 20.8 Å². The molecule has 0 aromatic heterocycles. The number of carbonyl (C=O) groups is 1. The van der Waals surface area contributed by atoms with Gasteiger partial charge < -0.3 is 19.9 Å². The lowest BCUT2D eigenvalue weighted by Gasteiger charge is -2.23. The summed E-state index contributed by atoms with van der Waals surface area (Å²) in [7, 11) is 0. The highest BCUT2D eigenvalue weighted by molar-refractivity contribution is 5.78. The highest BCUT2D eigenvalue weighted by Gasteiger charge is 2.19. The molecule has 0 radical (unpaired) electrons. The summed E-state index contributed by atoms with van der Waals surface area (Å²) in [5, 5.41) is 11.7. The molecule has 0 unspecified atom stereocenters. The lowest BCUT2D eigenvalue weighted by Crippen LogP contribution is -2.48. The van der Waals surface area contributed by atoms with E-state index in [1.807, 2.05) is 19.1 Å². The molecule has 1 rings (SSSR count). The Kier molecular flexibility index (Phi) is 5.63. The van der Waals surface area contributed by atoms with Crippen molar-refractivity contribution in [3.63, 3.8) is 0 Å². The first-order chi connectivity index (χ1) is 8.98. The summed E-state index contributed by atoms with van der Waals surface area (Å²) < 4.78 is 10.8. The van der Waals surface area contributed by atoms with Gasteiger partial charge in [0, 0.05) is 0 Å². The Labute approximate surface area is 113 Å². The quantitative estimate of drug-likeness (QED) is 0.782. The number of hydrogen-bond acceptors (Lipinski definition) is 4. The van der Waals surface area contributed by atoms with E-state index in [1.165, 1.54) is 0 Å². The van der Waals surface area contributed by atoms with Gasteiger partial charge in [0.05, 0.1) is 18.8 Å². The number of para-hydroxylation sites is 2. The summed E-state index contributed by atoms with van der Waals surface area (Å²) in [5.41, 5.74) is -0.653. The lowest BCUT2D eigenvalue weighted by molar-refractivity contribution is -0.125. The smallest absolute Gasteiger partial charge is 0.258 e. The minimum Gasteiger partial charge on any atom is -0.490 e. The standard InChI is InChI=1S/C14H21NO4/c1-4-18-11-7-5-6-8-12(11)19-9-13(17)15-14(2,3)10-16/h5-8,16H,4,9-10H2,1-3H3,(H,15,17). The molecule has 0 aliphatic rings. The zero-order chi connectivity index (χ0) is 14.3. The third-order valence-corrected chi connectivity index (χ3v) is 2.38. The summed E-state index contributed by atoms with van der Waals surface area (Å²) in [6.07, 6.45) is 0. The molecule has 0 fully saturated rings. The highest BCUT2D eigenvalue weighted by atomic mass is 16.5. The molecule has 1 aromatic carbocycles. The molecule has 19 heavy (non-hydrogen) atoms. The third-order valence-electron chi connectivity index (χ3n) is 2.38. The van der Waals surface area contributed by atoms with E-state index in [4.69, 9.17) is 14.6 Å². The number of amides is 1. The number of carbonyl (C=O) groups excluding carboxylic acids is 1. The van der Waals surface area contributed by atoms with Gasteiger partial charge in [-0.05, 0) is 32.9 Å². The van der Waals surface area contributed by atoms with Crippen LogP contribution < -0.4 is 14.8 Å². The molecule has 1 amide bonds. The van der Waals surface area contributed by atoms with Gasteiger partial charge in [-0.1, -0.05) is 12.1 Å². The minimum atomic E-state index is -0.653. The molecular formula is C14H21NO4. The molecule has 1 aromatic rings. The van der Waals surface area contributed by atoms with Crippen LogP contribution in [0.2, 0.25) is 0 Å². The van der Waals surface area contributed by atoms with Gasteiger partial charge in [0.2, 0.25) is 0 Å². The molecule has 0 aliphatic heterocycles. The Morgan fingerprint density at radius 1 is 1.26 bits per heavy atom. The summed E-state index contributed by atoms with van der Waals surface area (Å²) >= 11 is 0. The normalized spacial score (nSPS) is 10.9. The topological polar surface area (TPSA) is 67.8 Å². The molecule has 0 spiro atoms. The van der Waals surface area contributed by atoms with E-state index in [0.29, 0.717) is 18.1 Å². The van der Waals surface area contributed by atoms with Crippen LogP contribution in [0.4, 0.5) is 0 Å². The van der Waals surface area contributed by atoms with Crippen LogP contribution in [0, 0.1) is 0 Å². The van der Waals surface area contributed by atoms with Crippen molar-refractivity contribution in [3.05, 3.63) is 24.3 Å². The Balaban J connectivity index is 2.55. The van der Waals surface area contributed by atoms with E-state index in [9.17, 15) is 4.79 Å². The fraction of sp³-hybridized carbons (Fsp3) is 0.500. The van der Waals surface area contributed by atoms with Crippen LogP contribution >= 0.6 is 0 Å². The van der Waals surface area contributed by atoms with E-state index in [-0.39, 0.29) is 19.1 Å². The first-order valence-corrected chi connectivity index (χ1v) is 6.25. The predicted octanol–water partition coefficient (Wildman–Crippen LogP) is 1.35. The molecule has 5 nitrogen and oxygen atoms in total. The van der Waals surface area contributed by atoms with Crippen LogP contribution in [0.3, 0.4) is 0 Å². The van der Waals surface area contributed by atoms with Gasteiger partial charge in [-0.15, -0.1) is 0 Å². The Hall–Kier alpha value is -1.75. The number of nitrogens with one attached hydrogen (secondary N) is 1. The molecule has 0 saturated heterocycles. The van der Waals surface area contributed by atoms with Crippen molar-refractivity contribution >= 4 is 5.91 Å². The number of hydrogen-bond donors (Lipinski definition) is 2. The predicted molar refractivity (Wildman–Crippen MR) is 72.4 cm³/mol. The monoisotopic (exact) mass is 267 g/mol. The fourth-order valence-electron chi connectivity index (χ4n) is 1.44. The van der Waals surface area contributed by atoms with Crippen molar-refractivity contribution in [2.24, 2.45) is 0 Å². The number of aliphatic hydroxyl groups is 1. The molecule has 0 saturated carbocycles. The maximum absolute atomic E-state index is 11.7. The van der Waals surface area contributed by atoms with E-state index in [0.717, 1.165) is 0 Å². The summed E-state index contributed by atoms with van der Waals surface area (Å²) in [4.78, 5) is 11.7. The van der Waals surface area contributed by atoms with Gasteiger partial charge >= 0.3 is 0 Å². The second kappa shape index (κ2) is 6.99. The molecule has 0 aliphatic carbocycles. The average molecular weight is 267 g/mol. The van der Waals surface area contributed by atoms with Crippen LogP contribution in [0.25, 0.3) is 0 Å². The van der Waals surface area contributed by atoms with E-state index in [2.05, 4.69) is 5.32 Å². The van der Waals surface area contributed by atoms with Gasteiger partial charge in [0.25, 0.3) is 5.91 Å².